The van der Waals surface area contributed by atoms with Gasteiger partial charge in [-0.2, -0.15) is 13.9 Å². The molecule has 0 unspecified atom stereocenters. The SMILES string of the molecule is CCOc1cc(Cn2c(C)nnc2N(Cc2ccc(-n3cncn3)cc2)C2CC2)ccc1OC(F)F. The molecule has 188 valence electrons. The Kier molecular flexibility index (Phi) is 6.79. The van der Waals surface area contributed by atoms with Crippen molar-refractivity contribution < 1.29 is 18.3 Å². The second kappa shape index (κ2) is 10.3. The van der Waals surface area contributed by atoms with Crippen molar-refractivity contribution in [1.82, 2.24) is 29.5 Å². The Labute approximate surface area is 207 Å². The van der Waals surface area contributed by atoms with Crippen LogP contribution in [0.15, 0.2) is 55.1 Å². The first kappa shape index (κ1) is 23.7. The number of aryl methyl sites for hydroxylation is 1. The van der Waals surface area contributed by atoms with Gasteiger partial charge < -0.3 is 14.4 Å². The van der Waals surface area contributed by atoms with Gasteiger partial charge in [-0.25, -0.2) is 9.67 Å². The molecule has 0 radical (unpaired) electrons. The van der Waals surface area contributed by atoms with Crippen LogP contribution in [0, 0.1) is 6.92 Å². The summed E-state index contributed by atoms with van der Waals surface area (Å²) in [5, 5.41) is 13.0. The molecule has 0 N–H and O–H groups in total. The van der Waals surface area contributed by atoms with E-state index < -0.39 is 6.61 Å². The van der Waals surface area contributed by atoms with E-state index in [1.165, 1.54) is 12.4 Å². The number of anilines is 1. The monoisotopic (exact) mass is 495 g/mol. The van der Waals surface area contributed by atoms with Crippen molar-refractivity contribution in [1.29, 1.82) is 0 Å². The number of aromatic nitrogens is 6. The number of hydrogen-bond acceptors (Lipinski definition) is 7. The maximum atomic E-state index is 12.8. The average molecular weight is 496 g/mol. The minimum atomic E-state index is -2.92. The normalized spacial score (nSPS) is 13.2. The highest BCUT2D eigenvalue weighted by Gasteiger charge is 2.32. The fourth-order valence-corrected chi connectivity index (χ4v) is 4.10. The number of halogens is 2. The first-order chi connectivity index (χ1) is 17.5. The van der Waals surface area contributed by atoms with E-state index in [1.807, 2.05) is 23.6 Å². The van der Waals surface area contributed by atoms with Gasteiger partial charge >= 0.3 is 6.61 Å². The maximum Gasteiger partial charge on any atom is 0.387 e. The van der Waals surface area contributed by atoms with E-state index in [1.54, 1.807) is 30.1 Å². The second-order valence-electron chi connectivity index (χ2n) is 8.59. The highest BCUT2D eigenvalue weighted by atomic mass is 19.3. The minimum absolute atomic E-state index is 0.0187. The van der Waals surface area contributed by atoms with E-state index in [-0.39, 0.29) is 11.5 Å². The summed E-state index contributed by atoms with van der Waals surface area (Å²) < 4.78 is 39.5. The van der Waals surface area contributed by atoms with Gasteiger partial charge in [0.25, 0.3) is 0 Å². The number of benzene rings is 2. The third kappa shape index (κ3) is 5.29. The van der Waals surface area contributed by atoms with Crippen molar-refractivity contribution in [2.45, 2.75) is 52.4 Å². The first-order valence-electron chi connectivity index (χ1n) is 11.8. The third-order valence-electron chi connectivity index (χ3n) is 6.00. The molecule has 1 aliphatic rings. The van der Waals surface area contributed by atoms with Gasteiger partial charge in [0, 0.05) is 12.6 Å². The lowest BCUT2D eigenvalue weighted by molar-refractivity contribution is -0.0514. The predicted molar refractivity (Wildman–Crippen MR) is 129 cm³/mol. The van der Waals surface area contributed by atoms with Gasteiger partial charge in [-0.05, 0) is 62.1 Å². The minimum Gasteiger partial charge on any atom is -0.490 e. The molecular formula is C25H27F2N7O2. The molecule has 0 saturated heterocycles. The molecule has 0 atom stereocenters. The van der Waals surface area contributed by atoms with Gasteiger partial charge in [-0.3, -0.25) is 4.57 Å². The molecule has 2 heterocycles. The standard InChI is InChI=1S/C25H27F2N7O2/c1-3-35-23-12-19(6-11-22(23)36-24(26)27)14-32-17(2)30-31-25(32)33(20-9-10-20)13-18-4-7-21(8-5-18)34-16-28-15-29-34/h4-8,11-12,15-16,20,24H,3,9-10,13-14H2,1-2H3. The fraction of sp³-hybridized carbons (Fsp3) is 0.360. The van der Waals surface area contributed by atoms with Gasteiger partial charge in [0.05, 0.1) is 18.8 Å². The summed E-state index contributed by atoms with van der Waals surface area (Å²) in [4.78, 5) is 6.28. The summed E-state index contributed by atoms with van der Waals surface area (Å²) in [7, 11) is 0. The first-order valence-corrected chi connectivity index (χ1v) is 11.8. The van der Waals surface area contributed by atoms with Crippen LogP contribution < -0.4 is 14.4 Å². The molecule has 0 amide bonds. The van der Waals surface area contributed by atoms with Gasteiger partial charge in [-0.1, -0.05) is 18.2 Å². The molecule has 0 bridgehead atoms. The number of ether oxygens (including phenoxy) is 2. The summed E-state index contributed by atoms with van der Waals surface area (Å²) >= 11 is 0. The Morgan fingerprint density at radius 2 is 1.83 bits per heavy atom. The highest BCUT2D eigenvalue weighted by Crippen LogP contribution is 2.34. The van der Waals surface area contributed by atoms with Crippen molar-refractivity contribution >= 4 is 5.95 Å². The van der Waals surface area contributed by atoms with Crippen LogP contribution in [0.25, 0.3) is 5.69 Å². The average Bonchev–Trinajstić information content (AvgIpc) is 3.44. The molecular weight excluding hydrogens is 468 g/mol. The number of alkyl halides is 2. The molecule has 0 spiro atoms. The van der Waals surface area contributed by atoms with Crippen molar-refractivity contribution in [3.05, 3.63) is 72.1 Å². The lowest BCUT2D eigenvalue weighted by Crippen LogP contribution is -2.28. The van der Waals surface area contributed by atoms with E-state index in [0.717, 1.165) is 41.4 Å². The summed E-state index contributed by atoms with van der Waals surface area (Å²) in [6, 6.07) is 13.6. The molecule has 2 aromatic heterocycles. The fourth-order valence-electron chi connectivity index (χ4n) is 4.10. The van der Waals surface area contributed by atoms with Crippen molar-refractivity contribution in [2.75, 3.05) is 11.5 Å². The Hall–Kier alpha value is -4.02. The molecule has 36 heavy (non-hydrogen) atoms. The molecule has 4 aromatic rings. The van der Waals surface area contributed by atoms with E-state index >= 15 is 0 Å². The van der Waals surface area contributed by atoms with Crippen LogP contribution in [0.3, 0.4) is 0 Å². The lowest BCUT2D eigenvalue weighted by atomic mass is 10.2. The number of rotatable bonds is 11. The van der Waals surface area contributed by atoms with Gasteiger partial charge in [0.15, 0.2) is 11.5 Å². The van der Waals surface area contributed by atoms with Crippen molar-refractivity contribution in [3.63, 3.8) is 0 Å². The summed E-state index contributed by atoms with van der Waals surface area (Å²) in [6.45, 7) is 2.28. The Balaban J connectivity index is 1.38. The Morgan fingerprint density at radius 3 is 2.50 bits per heavy atom. The van der Waals surface area contributed by atoms with Crippen LogP contribution in [0.5, 0.6) is 11.5 Å². The largest absolute Gasteiger partial charge is 0.490 e. The molecule has 1 saturated carbocycles. The summed E-state index contributed by atoms with van der Waals surface area (Å²) in [6.07, 6.45) is 5.36. The lowest BCUT2D eigenvalue weighted by Gasteiger charge is -2.24. The molecule has 1 aliphatic carbocycles. The van der Waals surface area contributed by atoms with E-state index in [2.05, 4.69) is 42.0 Å². The van der Waals surface area contributed by atoms with Crippen LogP contribution in [-0.4, -0.2) is 48.8 Å². The van der Waals surface area contributed by atoms with Crippen LogP contribution in [0.2, 0.25) is 0 Å². The summed E-state index contributed by atoms with van der Waals surface area (Å²) in [5.74, 6) is 1.85. The smallest absolute Gasteiger partial charge is 0.387 e. The predicted octanol–water partition coefficient (Wildman–Crippen LogP) is 4.38. The number of hydrogen-bond donors (Lipinski definition) is 0. The topological polar surface area (TPSA) is 83.1 Å². The van der Waals surface area contributed by atoms with Gasteiger partial charge in [0.1, 0.15) is 18.5 Å². The van der Waals surface area contributed by atoms with Gasteiger partial charge in [0.2, 0.25) is 5.95 Å². The second-order valence-corrected chi connectivity index (χ2v) is 8.59. The van der Waals surface area contributed by atoms with Crippen LogP contribution in [-0.2, 0) is 13.1 Å². The van der Waals surface area contributed by atoms with Crippen molar-refractivity contribution in [3.8, 4) is 17.2 Å². The van der Waals surface area contributed by atoms with Crippen LogP contribution in [0.1, 0.15) is 36.7 Å². The summed E-state index contributed by atoms with van der Waals surface area (Å²) in [5.41, 5.74) is 2.96. The quantitative estimate of drug-likeness (QED) is 0.305. The zero-order valence-corrected chi connectivity index (χ0v) is 20.1. The molecule has 9 nitrogen and oxygen atoms in total. The Bertz CT molecular complexity index is 1290. The molecule has 2 aromatic carbocycles. The van der Waals surface area contributed by atoms with E-state index in [0.29, 0.717) is 25.7 Å². The van der Waals surface area contributed by atoms with Crippen LogP contribution >= 0.6 is 0 Å². The highest BCUT2D eigenvalue weighted by molar-refractivity contribution is 5.45. The molecule has 0 aliphatic heterocycles. The maximum absolute atomic E-state index is 12.8. The zero-order valence-electron chi connectivity index (χ0n) is 20.1. The molecule has 11 heteroatoms. The van der Waals surface area contributed by atoms with Crippen LogP contribution in [0.4, 0.5) is 14.7 Å². The molecule has 5 rings (SSSR count). The zero-order chi connectivity index (χ0) is 25.1. The van der Waals surface area contributed by atoms with Gasteiger partial charge in [-0.15, -0.1) is 10.2 Å². The van der Waals surface area contributed by atoms with Crippen molar-refractivity contribution in [2.24, 2.45) is 0 Å². The van der Waals surface area contributed by atoms with E-state index in [9.17, 15) is 8.78 Å². The van der Waals surface area contributed by atoms with E-state index in [4.69, 9.17) is 4.74 Å². The molecule has 1 fully saturated rings. The Morgan fingerprint density at radius 1 is 1.06 bits per heavy atom. The number of nitrogens with zero attached hydrogens (tertiary/aromatic N) is 7. The third-order valence-corrected chi connectivity index (χ3v) is 6.00.